The molecule has 392 valence electrons. The largest absolute Gasteiger partial charge is 0.453 e. The number of carbonyl (C=O) groups is 4. The molecule has 69 heavy (non-hydrogen) atoms. The number of ether oxygens (including phenoxy) is 4. The molecule has 0 saturated heterocycles. The molecule has 0 aromatic heterocycles. The molecule has 16 heteroatoms. The van der Waals surface area contributed by atoms with Gasteiger partial charge in [-0.1, -0.05) is 130 Å². The van der Waals surface area contributed by atoms with Gasteiger partial charge in [-0.05, 0) is 104 Å². The Kier molecular flexibility index (Phi) is 25.8. The second kappa shape index (κ2) is 27.0. The van der Waals surface area contributed by atoms with Crippen molar-refractivity contribution in [3.63, 3.8) is 0 Å². The molecule has 12 nitrogen and oxygen atoms in total. The number of esters is 4. The molecule has 0 aliphatic heterocycles. The smallest absolute Gasteiger partial charge is 0.303 e. The predicted octanol–water partition coefficient (Wildman–Crippen LogP) is 11.4. The van der Waals surface area contributed by atoms with Crippen LogP contribution in [0.2, 0.25) is 72.5 Å². The van der Waals surface area contributed by atoms with Gasteiger partial charge in [0.15, 0.2) is 59.7 Å². The maximum atomic E-state index is 12.0. The van der Waals surface area contributed by atoms with E-state index >= 15 is 0 Å². The van der Waals surface area contributed by atoms with Crippen molar-refractivity contribution >= 4 is 57.1 Å². The molecule has 0 radical (unpaired) electrons. The second-order valence-corrected chi connectivity index (χ2v) is 43.2. The Bertz CT molecular complexity index is 1680. The van der Waals surface area contributed by atoms with Gasteiger partial charge < -0.3 is 36.7 Å². The molecule has 0 spiro atoms. The fourth-order valence-corrected chi connectivity index (χ4v) is 10.7. The summed E-state index contributed by atoms with van der Waals surface area (Å²) in [6.45, 7) is 48.3. The monoisotopic (exact) mass is 1030 g/mol. The molecule has 0 amide bonds. The molecule has 0 bridgehead atoms. The third-order valence-corrected chi connectivity index (χ3v) is 31.8. The van der Waals surface area contributed by atoms with Crippen LogP contribution in [0.4, 0.5) is 0 Å². The van der Waals surface area contributed by atoms with Crippen LogP contribution in [0.3, 0.4) is 0 Å². The Morgan fingerprint density at radius 3 is 0.638 bits per heavy atom. The van der Waals surface area contributed by atoms with Gasteiger partial charge in [-0.25, -0.2) is 0 Å². The third-order valence-electron chi connectivity index (χ3n) is 13.9. The lowest BCUT2D eigenvalue weighted by Gasteiger charge is -2.47. The Balaban J connectivity index is 9.25. The number of hydrogen-bond acceptors (Lipinski definition) is 12. The van der Waals surface area contributed by atoms with Gasteiger partial charge in [-0.2, -0.15) is 0 Å². The van der Waals surface area contributed by atoms with Crippen LogP contribution in [0.15, 0.2) is 0 Å². The summed E-state index contributed by atoms with van der Waals surface area (Å²) in [5.74, 6) is 24.2. The van der Waals surface area contributed by atoms with Crippen LogP contribution < -0.4 is 0 Å². The third kappa shape index (κ3) is 25.2. The van der Waals surface area contributed by atoms with E-state index in [1.54, 1.807) is 0 Å². The van der Waals surface area contributed by atoms with E-state index in [-0.39, 0.29) is 46.6 Å². The predicted molar refractivity (Wildman–Crippen MR) is 287 cm³/mol. The summed E-state index contributed by atoms with van der Waals surface area (Å²) < 4.78 is 50.5. The van der Waals surface area contributed by atoms with Gasteiger partial charge in [0.2, 0.25) is 0 Å². The first-order valence-corrected chi connectivity index (χ1v) is 35.8. The van der Waals surface area contributed by atoms with Crippen molar-refractivity contribution < 1.29 is 55.8 Å². The standard InChI is InChI=1S/C53H92O12Si4/c1-41(54)58-33-25-29-45(62-66(17,18)49(5,6)7)37-53(38-46(30-26-34-59-42(2)55)63-67(19,20)50(8,9)10,39-47(31-27-35-60-43(3)56)64-68(21,22)51(11,12)13)40-48(32-28-36-61-44(4)57)65-69(23,24)52(14,15)16/h45-48H,33-40H2,1-24H3. The molecule has 0 N–H and O–H groups in total. The molecule has 0 aliphatic carbocycles. The van der Waals surface area contributed by atoms with Crippen molar-refractivity contribution in [1.82, 2.24) is 0 Å². The molecular formula is C53H92O12Si4. The number of carbonyl (C=O) groups excluding carboxylic acids is 4. The first-order chi connectivity index (χ1) is 31.0. The van der Waals surface area contributed by atoms with E-state index in [1.807, 2.05) is 0 Å². The van der Waals surface area contributed by atoms with Gasteiger partial charge in [-0.3, -0.25) is 19.2 Å². The molecule has 0 heterocycles. The zero-order valence-corrected chi connectivity index (χ0v) is 51.4. The van der Waals surface area contributed by atoms with Crippen molar-refractivity contribution in [2.75, 3.05) is 26.4 Å². The van der Waals surface area contributed by atoms with E-state index in [0.717, 1.165) is 0 Å². The minimum Gasteiger partial charge on any atom is -0.453 e. The zero-order chi connectivity index (χ0) is 54.1. The second-order valence-electron chi connectivity index (χ2n) is 24.2. The van der Waals surface area contributed by atoms with Gasteiger partial charge in [0.1, 0.15) is 24.4 Å². The van der Waals surface area contributed by atoms with Crippen molar-refractivity contribution in [1.29, 1.82) is 0 Å². The Labute approximate surface area is 423 Å². The highest BCUT2D eigenvalue weighted by Crippen LogP contribution is 2.48. The quantitative estimate of drug-likeness (QED) is 0.0496. The fraction of sp³-hybridized carbons (Fsp3) is 0.774. The average molecular weight is 1030 g/mol. The molecule has 4 atom stereocenters. The fourth-order valence-electron chi connectivity index (χ4n) is 5.86. The number of hydrogen-bond donors (Lipinski definition) is 0. The van der Waals surface area contributed by atoms with Crippen LogP contribution in [0.5, 0.6) is 0 Å². The SMILES string of the molecule is CC(=O)OCC#CC(CC(CC(C#CCOC(C)=O)O[Si](C)(C)C(C)(C)C)(CC(C#CCOC(C)=O)O[Si](C)(C)C(C)(C)C)CC(C#CCOC(C)=O)O[Si](C)(C)C(C)(C)C)O[Si](C)(C)C(C)(C)C. The normalized spacial score (nSPS) is 15.3. The lowest BCUT2D eigenvalue weighted by molar-refractivity contribution is -0.140. The van der Waals surface area contributed by atoms with Crippen LogP contribution >= 0.6 is 0 Å². The lowest BCUT2D eigenvalue weighted by Crippen LogP contribution is -2.50. The summed E-state index contributed by atoms with van der Waals surface area (Å²) in [5.41, 5.74) is -0.932. The van der Waals surface area contributed by atoms with E-state index in [0.29, 0.717) is 25.7 Å². The van der Waals surface area contributed by atoms with Gasteiger partial charge in [0.25, 0.3) is 0 Å². The maximum Gasteiger partial charge on any atom is 0.303 e. The molecular weight excluding hydrogens is 941 g/mol. The van der Waals surface area contributed by atoms with Crippen molar-refractivity contribution in [2.24, 2.45) is 5.41 Å². The first kappa shape index (κ1) is 65.8. The highest BCUT2D eigenvalue weighted by molar-refractivity contribution is 6.75. The average Bonchev–Trinajstić information content (AvgIpc) is 3.12. The highest BCUT2D eigenvalue weighted by atomic mass is 28.4. The van der Waals surface area contributed by atoms with Gasteiger partial charge in [-0.15, -0.1) is 0 Å². The van der Waals surface area contributed by atoms with Crippen LogP contribution in [-0.4, -0.2) is 108 Å². The van der Waals surface area contributed by atoms with Crippen LogP contribution in [0.25, 0.3) is 0 Å². The van der Waals surface area contributed by atoms with Crippen LogP contribution in [-0.2, 0) is 55.8 Å². The molecule has 0 fully saturated rings. The van der Waals surface area contributed by atoms with E-state index in [1.165, 1.54) is 27.7 Å². The van der Waals surface area contributed by atoms with Gasteiger partial charge in [0.05, 0.1) is 0 Å². The van der Waals surface area contributed by atoms with Crippen LogP contribution in [0, 0.1) is 52.8 Å². The molecule has 0 aliphatic rings. The molecule has 0 rings (SSSR count). The Hall–Kier alpha value is -3.17. The summed E-state index contributed by atoms with van der Waals surface area (Å²) in [7, 11) is -10.3. The van der Waals surface area contributed by atoms with E-state index in [4.69, 9.17) is 36.7 Å². The van der Waals surface area contributed by atoms with Crippen LogP contribution in [0.1, 0.15) is 136 Å². The minimum atomic E-state index is -2.58. The highest BCUT2D eigenvalue weighted by Gasteiger charge is 2.49. The molecule has 0 aromatic rings. The van der Waals surface area contributed by atoms with Crippen molar-refractivity contribution in [3.8, 4) is 47.4 Å². The van der Waals surface area contributed by atoms with E-state index in [2.05, 4.69) is 183 Å². The van der Waals surface area contributed by atoms with Crippen molar-refractivity contribution in [3.05, 3.63) is 0 Å². The summed E-state index contributed by atoms with van der Waals surface area (Å²) in [6.07, 6.45) is -1.68. The number of rotatable bonds is 20. The van der Waals surface area contributed by atoms with E-state index < -0.39 is 87.0 Å². The zero-order valence-electron chi connectivity index (χ0n) is 47.4. The van der Waals surface area contributed by atoms with E-state index in [9.17, 15) is 19.2 Å². The Morgan fingerprint density at radius 2 is 0.507 bits per heavy atom. The summed E-state index contributed by atoms with van der Waals surface area (Å²) in [5, 5.41) is -0.857. The van der Waals surface area contributed by atoms with Crippen molar-refractivity contribution in [2.45, 2.75) is 233 Å². The minimum absolute atomic E-state index is 0.129. The molecule has 0 saturated carbocycles. The summed E-state index contributed by atoms with van der Waals surface area (Å²) in [6, 6.07) is 0. The lowest BCUT2D eigenvalue weighted by atomic mass is 9.69. The maximum absolute atomic E-state index is 12.0. The van der Waals surface area contributed by atoms with Gasteiger partial charge >= 0.3 is 23.9 Å². The summed E-state index contributed by atoms with van der Waals surface area (Å²) >= 11 is 0. The Morgan fingerprint density at radius 1 is 0.348 bits per heavy atom. The topological polar surface area (TPSA) is 142 Å². The summed E-state index contributed by atoms with van der Waals surface area (Å²) in [4.78, 5) is 47.9. The van der Waals surface area contributed by atoms with Gasteiger partial charge in [0, 0.05) is 27.7 Å². The first-order valence-electron chi connectivity index (χ1n) is 24.2. The molecule has 0 aromatic carbocycles. The molecule has 4 unspecified atom stereocenters.